The number of rotatable bonds is 5. The first-order valence-corrected chi connectivity index (χ1v) is 7.84. The second kappa shape index (κ2) is 6.74. The van der Waals surface area contributed by atoms with Crippen molar-refractivity contribution in [2.75, 3.05) is 31.2 Å². The fourth-order valence-corrected chi connectivity index (χ4v) is 3.10. The highest BCUT2D eigenvalue weighted by Gasteiger charge is 2.18. The molecule has 106 valence electrons. The van der Waals surface area contributed by atoms with Crippen molar-refractivity contribution in [3.8, 4) is 0 Å². The van der Waals surface area contributed by atoms with Crippen LogP contribution in [0, 0.1) is 9.39 Å². The van der Waals surface area contributed by atoms with Gasteiger partial charge in [0.15, 0.2) is 0 Å². The summed E-state index contributed by atoms with van der Waals surface area (Å²) in [5, 5.41) is 3.23. The van der Waals surface area contributed by atoms with E-state index < -0.39 is 0 Å². The molecule has 0 aromatic heterocycles. The molecule has 19 heavy (non-hydrogen) atoms. The third kappa shape index (κ3) is 3.95. The van der Waals surface area contributed by atoms with E-state index in [0.717, 1.165) is 13.1 Å². The van der Waals surface area contributed by atoms with Gasteiger partial charge in [-0.2, -0.15) is 0 Å². The van der Waals surface area contributed by atoms with Gasteiger partial charge < -0.3 is 16.0 Å². The largest absolute Gasteiger partial charge is 0.397 e. The van der Waals surface area contributed by atoms with Gasteiger partial charge in [-0.1, -0.05) is 12.8 Å². The van der Waals surface area contributed by atoms with Crippen molar-refractivity contribution in [1.82, 2.24) is 4.90 Å². The number of nitrogens with one attached hydrogen (secondary N) is 1. The SMILES string of the molecule is CN(CCNc1cc(F)c(I)cc1N)C1CCCC1. The van der Waals surface area contributed by atoms with E-state index in [0.29, 0.717) is 21.0 Å². The van der Waals surface area contributed by atoms with Crippen LogP contribution in [-0.2, 0) is 0 Å². The summed E-state index contributed by atoms with van der Waals surface area (Å²) in [4.78, 5) is 2.39. The van der Waals surface area contributed by atoms with Gasteiger partial charge in [0.25, 0.3) is 0 Å². The van der Waals surface area contributed by atoms with Gasteiger partial charge >= 0.3 is 0 Å². The number of likely N-dealkylation sites (N-methyl/N-ethyl adjacent to an activating group) is 1. The van der Waals surface area contributed by atoms with Gasteiger partial charge in [0.2, 0.25) is 0 Å². The standard InChI is InChI=1S/C14H21FIN3/c1-19(10-4-2-3-5-10)7-6-18-14-8-11(15)12(16)9-13(14)17/h8-10,18H,2-7,17H2,1H3. The van der Waals surface area contributed by atoms with Crippen molar-refractivity contribution in [1.29, 1.82) is 0 Å². The van der Waals surface area contributed by atoms with Gasteiger partial charge in [0, 0.05) is 25.2 Å². The first-order chi connectivity index (χ1) is 9.08. The van der Waals surface area contributed by atoms with Crippen molar-refractivity contribution in [3.05, 3.63) is 21.5 Å². The van der Waals surface area contributed by atoms with Crippen LogP contribution >= 0.6 is 22.6 Å². The smallest absolute Gasteiger partial charge is 0.138 e. The van der Waals surface area contributed by atoms with E-state index in [-0.39, 0.29) is 5.82 Å². The molecule has 0 heterocycles. The Morgan fingerprint density at radius 3 is 2.79 bits per heavy atom. The molecular formula is C14H21FIN3. The van der Waals surface area contributed by atoms with Crippen LogP contribution in [0.15, 0.2) is 12.1 Å². The monoisotopic (exact) mass is 377 g/mol. The Morgan fingerprint density at radius 1 is 1.42 bits per heavy atom. The fraction of sp³-hybridized carbons (Fsp3) is 0.571. The average Bonchev–Trinajstić information content (AvgIpc) is 2.89. The quantitative estimate of drug-likeness (QED) is 0.611. The molecule has 0 unspecified atom stereocenters. The van der Waals surface area contributed by atoms with Crippen molar-refractivity contribution in [3.63, 3.8) is 0 Å². The van der Waals surface area contributed by atoms with E-state index in [1.165, 1.54) is 31.7 Å². The molecule has 0 spiro atoms. The first-order valence-electron chi connectivity index (χ1n) is 6.76. The van der Waals surface area contributed by atoms with Crippen LogP contribution in [0.1, 0.15) is 25.7 Å². The lowest BCUT2D eigenvalue weighted by molar-refractivity contribution is 0.254. The molecule has 1 fully saturated rings. The molecule has 0 radical (unpaired) electrons. The molecule has 0 atom stereocenters. The number of anilines is 2. The van der Waals surface area contributed by atoms with Crippen molar-refractivity contribution < 1.29 is 4.39 Å². The zero-order valence-electron chi connectivity index (χ0n) is 11.3. The summed E-state index contributed by atoms with van der Waals surface area (Å²) in [6.45, 7) is 1.74. The summed E-state index contributed by atoms with van der Waals surface area (Å²) in [5.41, 5.74) is 7.18. The molecule has 5 heteroatoms. The number of hydrogen-bond donors (Lipinski definition) is 2. The highest BCUT2D eigenvalue weighted by atomic mass is 127. The lowest BCUT2D eigenvalue weighted by Crippen LogP contribution is -2.33. The van der Waals surface area contributed by atoms with Crippen LogP contribution in [0.3, 0.4) is 0 Å². The van der Waals surface area contributed by atoms with E-state index >= 15 is 0 Å². The number of benzene rings is 1. The Bertz CT molecular complexity index is 433. The Morgan fingerprint density at radius 2 is 2.11 bits per heavy atom. The fourth-order valence-electron chi connectivity index (χ4n) is 2.61. The van der Waals surface area contributed by atoms with Gasteiger partial charge in [-0.25, -0.2) is 4.39 Å². The lowest BCUT2D eigenvalue weighted by atomic mass is 10.2. The van der Waals surface area contributed by atoms with E-state index in [2.05, 4.69) is 17.3 Å². The highest BCUT2D eigenvalue weighted by Crippen LogP contribution is 2.24. The molecule has 1 aromatic carbocycles. The minimum atomic E-state index is -0.221. The Labute approximate surface area is 127 Å². The normalized spacial score (nSPS) is 16.2. The first kappa shape index (κ1) is 14.8. The third-order valence-electron chi connectivity index (χ3n) is 3.82. The topological polar surface area (TPSA) is 41.3 Å². The summed E-state index contributed by atoms with van der Waals surface area (Å²) >= 11 is 1.95. The minimum absolute atomic E-state index is 0.221. The van der Waals surface area contributed by atoms with Crippen LogP contribution in [-0.4, -0.2) is 31.1 Å². The van der Waals surface area contributed by atoms with Crippen LogP contribution in [0.5, 0.6) is 0 Å². The molecule has 0 amide bonds. The summed E-state index contributed by atoms with van der Waals surface area (Å²) in [6, 6.07) is 3.86. The second-order valence-corrected chi connectivity index (χ2v) is 6.36. The van der Waals surface area contributed by atoms with E-state index in [1.807, 2.05) is 22.6 Å². The summed E-state index contributed by atoms with van der Waals surface area (Å²) in [6.07, 6.45) is 5.29. The molecule has 2 rings (SSSR count). The maximum absolute atomic E-state index is 13.5. The maximum Gasteiger partial charge on any atom is 0.138 e. The molecule has 0 saturated heterocycles. The number of nitrogen functional groups attached to an aromatic ring is 1. The lowest BCUT2D eigenvalue weighted by Gasteiger charge is -2.24. The Hall–Kier alpha value is -0.560. The zero-order chi connectivity index (χ0) is 13.8. The van der Waals surface area contributed by atoms with Crippen molar-refractivity contribution >= 4 is 34.0 Å². The minimum Gasteiger partial charge on any atom is -0.397 e. The van der Waals surface area contributed by atoms with Gasteiger partial charge in [0.05, 0.1) is 14.9 Å². The summed E-state index contributed by atoms with van der Waals surface area (Å²) in [7, 11) is 2.16. The molecule has 0 aliphatic heterocycles. The van der Waals surface area contributed by atoms with Crippen LogP contribution in [0.25, 0.3) is 0 Å². The third-order valence-corrected chi connectivity index (χ3v) is 4.65. The molecule has 1 saturated carbocycles. The summed E-state index contributed by atoms with van der Waals surface area (Å²) < 4.78 is 14.0. The zero-order valence-corrected chi connectivity index (χ0v) is 13.4. The van der Waals surface area contributed by atoms with Crippen molar-refractivity contribution in [2.24, 2.45) is 0 Å². The molecule has 3 nitrogen and oxygen atoms in total. The second-order valence-electron chi connectivity index (χ2n) is 5.20. The van der Waals surface area contributed by atoms with Gasteiger partial charge in [0.1, 0.15) is 5.82 Å². The van der Waals surface area contributed by atoms with Gasteiger partial charge in [-0.05, 0) is 48.5 Å². The van der Waals surface area contributed by atoms with Gasteiger partial charge in [-0.3, -0.25) is 0 Å². The maximum atomic E-state index is 13.5. The van der Waals surface area contributed by atoms with Crippen LogP contribution < -0.4 is 11.1 Å². The highest BCUT2D eigenvalue weighted by molar-refractivity contribution is 14.1. The molecular weight excluding hydrogens is 356 g/mol. The van der Waals surface area contributed by atoms with E-state index in [4.69, 9.17) is 5.73 Å². The summed E-state index contributed by atoms with van der Waals surface area (Å²) in [5.74, 6) is -0.221. The molecule has 1 aliphatic carbocycles. The van der Waals surface area contributed by atoms with Gasteiger partial charge in [-0.15, -0.1) is 0 Å². The predicted octanol–water partition coefficient (Wildman–Crippen LogP) is 3.30. The average molecular weight is 377 g/mol. The molecule has 1 aliphatic rings. The number of hydrogen-bond acceptors (Lipinski definition) is 3. The van der Waals surface area contributed by atoms with Crippen LogP contribution in [0.4, 0.5) is 15.8 Å². The number of nitrogens with two attached hydrogens (primary N) is 1. The van der Waals surface area contributed by atoms with E-state index in [9.17, 15) is 4.39 Å². The molecule has 3 N–H and O–H groups in total. The van der Waals surface area contributed by atoms with Crippen LogP contribution in [0.2, 0.25) is 0 Å². The number of halogens is 2. The number of nitrogens with zero attached hydrogens (tertiary/aromatic N) is 1. The Balaban J connectivity index is 1.83. The molecule has 0 bridgehead atoms. The van der Waals surface area contributed by atoms with Crippen molar-refractivity contribution in [2.45, 2.75) is 31.7 Å². The Kier molecular flexibility index (Phi) is 5.27. The van der Waals surface area contributed by atoms with E-state index in [1.54, 1.807) is 6.07 Å². The predicted molar refractivity (Wildman–Crippen MR) is 86.9 cm³/mol. The molecule has 1 aromatic rings.